The lowest BCUT2D eigenvalue weighted by molar-refractivity contribution is -0.133. The first-order chi connectivity index (χ1) is 7.25. The van der Waals surface area contributed by atoms with Gasteiger partial charge in [0.2, 0.25) is 5.91 Å². The number of carbonyl (C=O) groups excluding carboxylic acids is 1. The standard InChI is InChI=1S/C10H16N4O/c11-9-3-1-5-13(7-9)10(15)8-14-6-2-4-12-14/h2,4,6,9H,1,3,5,7-8,11H2/t9-/m1/s1. The van der Waals surface area contributed by atoms with Crippen LogP contribution in [0.25, 0.3) is 0 Å². The van der Waals surface area contributed by atoms with E-state index >= 15 is 0 Å². The number of rotatable bonds is 2. The Kier molecular flexibility index (Phi) is 3.01. The zero-order valence-electron chi connectivity index (χ0n) is 8.67. The molecule has 0 saturated carbocycles. The van der Waals surface area contributed by atoms with Crippen molar-refractivity contribution in [3.05, 3.63) is 18.5 Å². The van der Waals surface area contributed by atoms with E-state index in [2.05, 4.69) is 5.10 Å². The van der Waals surface area contributed by atoms with Crippen LogP contribution in [0.15, 0.2) is 18.5 Å². The van der Waals surface area contributed by atoms with Crippen molar-refractivity contribution in [1.82, 2.24) is 14.7 Å². The van der Waals surface area contributed by atoms with Gasteiger partial charge in [0.25, 0.3) is 0 Å². The van der Waals surface area contributed by atoms with Gasteiger partial charge < -0.3 is 10.6 Å². The number of hydrogen-bond donors (Lipinski definition) is 1. The Morgan fingerprint density at radius 2 is 2.47 bits per heavy atom. The van der Waals surface area contributed by atoms with Gasteiger partial charge >= 0.3 is 0 Å². The molecule has 15 heavy (non-hydrogen) atoms. The zero-order chi connectivity index (χ0) is 10.7. The lowest BCUT2D eigenvalue weighted by Crippen LogP contribution is -2.46. The zero-order valence-corrected chi connectivity index (χ0v) is 8.67. The lowest BCUT2D eigenvalue weighted by atomic mass is 10.1. The van der Waals surface area contributed by atoms with E-state index in [9.17, 15) is 4.79 Å². The van der Waals surface area contributed by atoms with Gasteiger partial charge in [0.15, 0.2) is 0 Å². The molecule has 2 heterocycles. The van der Waals surface area contributed by atoms with Crippen molar-refractivity contribution >= 4 is 5.91 Å². The van der Waals surface area contributed by atoms with E-state index in [4.69, 9.17) is 5.73 Å². The minimum Gasteiger partial charge on any atom is -0.340 e. The maximum absolute atomic E-state index is 11.8. The van der Waals surface area contributed by atoms with Crippen molar-refractivity contribution in [2.75, 3.05) is 13.1 Å². The summed E-state index contributed by atoms with van der Waals surface area (Å²) in [4.78, 5) is 13.6. The molecule has 0 aromatic carbocycles. The maximum Gasteiger partial charge on any atom is 0.244 e. The molecule has 1 saturated heterocycles. The molecule has 1 amide bonds. The van der Waals surface area contributed by atoms with Crippen LogP contribution in [0, 0.1) is 0 Å². The molecular formula is C10H16N4O. The Morgan fingerprint density at radius 1 is 1.60 bits per heavy atom. The minimum atomic E-state index is 0.105. The van der Waals surface area contributed by atoms with Gasteiger partial charge in [-0.2, -0.15) is 5.10 Å². The summed E-state index contributed by atoms with van der Waals surface area (Å²) < 4.78 is 1.64. The van der Waals surface area contributed by atoms with Gasteiger partial charge in [-0.3, -0.25) is 9.48 Å². The Morgan fingerprint density at radius 3 is 3.13 bits per heavy atom. The molecule has 0 spiro atoms. The first kappa shape index (κ1) is 10.2. The van der Waals surface area contributed by atoms with E-state index in [0.717, 1.165) is 19.4 Å². The highest BCUT2D eigenvalue weighted by Gasteiger charge is 2.21. The van der Waals surface area contributed by atoms with Crippen LogP contribution < -0.4 is 5.73 Å². The van der Waals surface area contributed by atoms with Gasteiger partial charge in [-0.05, 0) is 18.9 Å². The van der Waals surface area contributed by atoms with E-state index in [1.165, 1.54) is 0 Å². The average Bonchev–Trinajstić information content (AvgIpc) is 2.70. The molecule has 0 bridgehead atoms. The van der Waals surface area contributed by atoms with Crippen molar-refractivity contribution in [2.45, 2.75) is 25.4 Å². The van der Waals surface area contributed by atoms with Crippen LogP contribution in [0.4, 0.5) is 0 Å². The summed E-state index contributed by atoms with van der Waals surface area (Å²) in [6.07, 6.45) is 5.49. The Labute approximate surface area is 88.8 Å². The molecule has 5 heteroatoms. The highest BCUT2D eigenvalue weighted by Crippen LogP contribution is 2.08. The highest BCUT2D eigenvalue weighted by atomic mass is 16.2. The van der Waals surface area contributed by atoms with Crippen LogP contribution in [-0.2, 0) is 11.3 Å². The SMILES string of the molecule is N[C@@H]1CCCN(C(=O)Cn2cccn2)C1. The van der Waals surface area contributed by atoms with Gasteiger partial charge in [0.1, 0.15) is 6.54 Å². The number of hydrogen-bond acceptors (Lipinski definition) is 3. The number of aromatic nitrogens is 2. The fraction of sp³-hybridized carbons (Fsp3) is 0.600. The molecule has 2 rings (SSSR count). The minimum absolute atomic E-state index is 0.105. The van der Waals surface area contributed by atoms with Crippen molar-refractivity contribution in [1.29, 1.82) is 0 Å². The van der Waals surface area contributed by atoms with Gasteiger partial charge in [0, 0.05) is 31.5 Å². The van der Waals surface area contributed by atoms with Gasteiger partial charge in [-0.25, -0.2) is 0 Å². The van der Waals surface area contributed by atoms with Crippen molar-refractivity contribution in [3.63, 3.8) is 0 Å². The molecule has 1 aromatic heterocycles. The Bertz CT molecular complexity index is 322. The topological polar surface area (TPSA) is 64.2 Å². The van der Waals surface area contributed by atoms with Crippen molar-refractivity contribution in [2.24, 2.45) is 5.73 Å². The second-order valence-electron chi connectivity index (χ2n) is 3.95. The first-order valence-corrected chi connectivity index (χ1v) is 5.26. The van der Waals surface area contributed by atoms with Crippen LogP contribution in [-0.4, -0.2) is 39.7 Å². The summed E-state index contributed by atoms with van der Waals surface area (Å²) in [5.41, 5.74) is 5.82. The summed E-state index contributed by atoms with van der Waals surface area (Å²) in [6, 6.07) is 1.95. The Balaban J connectivity index is 1.90. The van der Waals surface area contributed by atoms with E-state index in [1.54, 1.807) is 17.1 Å². The largest absolute Gasteiger partial charge is 0.340 e. The second-order valence-corrected chi connectivity index (χ2v) is 3.95. The van der Waals surface area contributed by atoms with Gasteiger partial charge in [-0.15, -0.1) is 0 Å². The molecule has 0 radical (unpaired) electrons. The molecule has 2 N–H and O–H groups in total. The lowest BCUT2D eigenvalue weighted by Gasteiger charge is -2.30. The number of nitrogens with zero attached hydrogens (tertiary/aromatic N) is 3. The number of likely N-dealkylation sites (tertiary alicyclic amines) is 1. The average molecular weight is 208 g/mol. The third-order valence-electron chi connectivity index (χ3n) is 2.67. The summed E-state index contributed by atoms with van der Waals surface area (Å²) in [6.45, 7) is 1.83. The highest BCUT2D eigenvalue weighted by molar-refractivity contribution is 5.76. The quantitative estimate of drug-likeness (QED) is 0.734. The summed E-state index contributed by atoms with van der Waals surface area (Å²) in [5, 5.41) is 4.01. The van der Waals surface area contributed by atoms with Crippen LogP contribution in [0.3, 0.4) is 0 Å². The summed E-state index contributed by atoms with van der Waals surface area (Å²) in [7, 11) is 0. The van der Waals surface area contributed by atoms with E-state index in [0.29, 0.717) is 13.1 Å². The number of amides is 1. The molecule has 1 aliphatic rings. The van der Waals surface area contributed by atoms with Crippen LogP contribution in [0.1, 0.15) is 12.8 Å². The molecule has 1 aliphatic heterocycles. The number of carbonyl (C=O) groups is 1. The fourth-order valence-corrected chi connectivity index (χ4v) is 1.87. The second kappa shape index (κ2) is 4.44. The van der Waals surface area contributed by atoms with Gasteiger partial charge in [0.05, 0.1) is 0 Å². The van der Waals surface area contributed by atoms with Crippen molar-refractivity contribution < 1.29 is 4.79 Å². The molecule has 1 aromatic rings. The Hall–Kier alpha value is -1.36. The monoisotopic (exact) mass is 208 g/mol. The van der Waals surface area contributed by atoms with Gasteiger partial charge in [-0.1, -0.05) is 0 Å². The predicted octanol–water partition coefficient (Wildman–Crippen LogP) is -0.167. The molecule has 5 nitrogen and oxygen atoms in total. The molecular weight excluding hydrogens is 192 g/mol. The first-order valence-electron chi connectivity index (χ1n) is 5.26. The third kappa shape index (κ3) is 2.56. The fourth-order valence-electron chi connectivity index (χ4n) is 1.87. The van der Waals surface area contributed by atoms with Crippen LogP contribution in [0.5, 0.6) is 0 Å². The van der Waals surface area contributed by atoms with E-state index in [-0.39, 0.29) is 11.9 Å². The van der Waals surface area contributed by atoms with E-state index < -0.39 is 0 Å². The third-order valence-corrected chi connectivity index (χ3v) is 2.67. The predicted molar refractivity (Wildman–Crippen MR) is 56.0 cm³/mol. The molecule has 0 aliphatic carbocycles. The normalized spacial score (nSPS) is 21.7. The maximum atomic E-state index is 11.8. The van der Waals surface area contributed by atoms with Crippen LogP contribution >= 0.6 is 0 Å². The molecule has 1 atom stereocenters. The number of nitrogens with two attached hydrogens (primary N) is 1. The van der Waals surface area contributed by atoms with Crippen LogP contribution in [0.2, 0.25) is 0 Å². The smallest absolute Gasteiger partial charge is 0.244 e. The summed E-state index contributed by atoms with van der Waals surface area (Å²) >= 11 is 0. The summed E-state index contributed by atoms with van der Waals surface area (Å²) in [5.74, 6) is 0.105. The molecule has 1 fully saturated rings. The van der Waals surface area contributed by atoms with Crippen molar-refractivity contribution in [3.8, 4) is 0 Å². The van der Waals surface area contributed by atoms with E-state index in [1.807, 2.05) is 11.0 Å². The number of piperidine rings is 1. The molecule has 0 unspecified atom stereocenters. The molecule has 82 valence electrons.